The van der Waals surface area contributed by atoms with Gasteiger partial charge in [0.2, 0.25) is 5.91 Å². The van der Waals surface area contributed by atoms with Gasteiger partial charge in [-0.05, 0) is 46.8 Å². The summed E-state index contributed by atoms with van der Waals surface area (Å²) in [6, 6.07) is 7.19. The quantitative estimate of drug-likeness (QED) is 0.849. The zero-order valence-corrected chi connectivity index (χ0v) is 14.3. The fraction of sp³-hybridized carbons (Fsp3) is 0.444. The van der Waals surface area contributed by atoms with Gasteiger partial charge in [-0.1, -0.05) is 24.8 Å². The number of para-hydroxylation sites is 1. The van der Waals surface area contributed by atoms with Crippen LogP contribution in [0.5, 0.6) is 0 Å². The van der Waals surface area contributed by atoms with E-state index in [2.05, 4.69) is 11.9 Å². The Morgan fingerprint density at radius 3 is 2.48 bits per heavy atom. The summed E-state index contributed by atoms with van der Waals surface area (Å²) in [5.74, 6) is -0.274. The van der Waals surface area contributed by atoms with E-state index < -0.39 is 17.2 Å². The highest BCUT2D eigenvalue weighted by atomic mass is 16.6. The Balaban J connectivity index is 2.46. The van der Waals surface area contributed by atoms with Crippen molar-refractivity contribution in [2.24, 2.45) is 0 Å². The van der Waals surface area contributed by atoms with Crippen LogP contribution in [0.1, 0.15) is 46.2 Å². The summed E-state index contributed by atoms with van der Waals surface area (Å²) in [5, 5.41) is 2.92. The molecule has 0 fully saturated rings. The summed E-state index contributed by atoms with van der Waals surface area (Å²) in [5.41, 5.74) is 0.384. The second-order valence-electron chi connectivity index (χ2n) is 7.17. The van der Waals surface area contributed by atoms with Crippen molar-refractivity contribution in [3.8, 4) is 0 Å². The van der Waals surface area contributed by atoms with Gasteiger partial charge >= 0.3 is 6.09 Å². The van der Waals surface area contributed by atoms with Gasteiger partial charge in [-0.25, -0.2) is 4.79 Å². The van der Waals surface area contributed by atoms with Crippen LogP contribution in [0.2, 0.25) is 0 Å². The lowest BCUT2D eigenvalue weighted by molar-refractivity contribution is -0.117. The van der Waals surface area contributed by atoms with Crippen LogP contribution in [0.3, 0.4) is 0 Å². The molecule has 0 saturated heterocycles. The average molecular weight is 316 g/mol. The molecule has 5 nitrogen and oxygen atoms in total. The second-order valence-corrected chi connectivity index (χ2v) is 7.17. The number of ether oxygens (including phenoxy) is 1. The number of nitrogens with zero attached hydrogens (tertiary/aromatic N) is 1. The van der Waals surface area contributed by atoms with Gasteiger partial charge in [0.15, 0.2) is 0 Å². The van der Waals surface area contributed by atoms with Gasteiger partial charge in [-0.2, -0.15) is 0 Å². The van der Waals surface area contributed by atoms with Crippen LogP contribution in [0, 0.1) is 0 Å². The SMILES string of the molecule is C=CC(=O)NC1c2ccccc2N(C(=O)OC(C)(C)C)C1(C)C. The predicted octanol–water partition coefficient (Wildman–Crippen LogP) is 3.56. The topological polar surface area (TPSA) is 58.6 Å². The molecule has 5 heteroatoms. The first-order valence-electron chi connectivity index (χ1n) is 7.63. The monoisotopic (exact) mass is 316 g/mol. The molecular weight excluding hydrogens is 292 g/mol. The molecule has 1 aliphatic heterocycles. The van der Waals surface area contributed by atoms with Crippen molar-refractivity contribution in [3.63, 3.8) is 0 Å². The van der Waals surface area contributed by atoms with Crippen molar-refractivity contribution in [3.05, 3.63) is 42.5 Å². The summed E-state index contributed by atoms with van der Waals surface area (Å²) in [7, 11) is 0. The standard InChI is InChI=1S/C18H24N2O3/c1-7-14(21)19-15-12-10-8-9-11-13(12)20(18(15,5)6)16(22)23-17(2,3)4/h7-11,15H,1H2,2-6H3,(H,19,21). The summed E-state index contributed by atoms with van der Waals surface area (Å²) in [6.45, 7) is 12.8. The molecule has 2 rings (SSSR count). The Labute approximate surface area is 137 Å². The number of rotatable bonds is 2. The van der Waals surface area contributed by atoms with Crippen molar-refractivity contribution in [1.82, 2.24) is 5.32 Å². The van der Waals surface area contributed by atoms with Crippen LogP contribution in [-0.2, 0) is 9.53 Å². The minimum atomic E-state index is -0.662. The third kappa shape index (κ3) is 3.23. The minimum absolute atomic E-state index is 0.274. The van der Waals surface area contributed by atoms with E-state index in [4.69, 9.17) is 4.74 Å². The van der Waals surface area contributed by atoms with E-state index in [1.54, 1.807) is 4.90 Å². The minimum Gasteiger partial charge on any atom is -0.443 e. The van der Waals surface area contributed by atoms with E-state index in [9.17, 15) is 9.59 Å². The van der Waals surface area contributed by atoms with E-state index in [0.717, 1.165) is 11.3 Å². The molecule has 1 aliphatic rings. The van der Waals surface area contributed by atoms with Gasteiger partial charge in [0.25, 0.3) is 0 Å². The molecule has 23 heavy (non-hydrogen) atoms. The van der Waals surface area contributed by atoms with E-state index in [1.165, 1.54) is 6.08 Å². The molecule has 1 N–H and O–H groups in total. The molecule has 1 heterocycles. The smallest absolute Gasteiger partial charge is 0.415 e. The van der Waals surface area contributed by atoms with E-state index in [-0.39, 0.29) is 11.9 Å². The zero-order valence-electron chi connectivity index (χ0n) is 14.3. The fourth-order valence-electron chi connectivity index (χ4n) is 2.85. The van der Waals surface area contributed by atoms with Crippen molar-refractivity contribution in [1.29, 1.82) is 0 Å². The number of carbonyl (C=O) groups is 2. The first-order valence-corrected chi connectivity index (χ1v) is 7.63. The molecule has 2 amide bonds. The van der Waals surface area contributed by atoms with Crippen molar-refractivity contribution >= 4 is 17.7 Å². The number of hydrogen-bond donors (Lipinski definition) is 1. The summed E-state index contributed by atoms with van der Waals surface area (Å²) >= 11 is 0. The normalized spacial score (nSPS) is 19.0. The highest BCUT2D eigenvalue weighted by Gasteiger charge is 2.49. The number of benzene rings is 1. The Hall–Kier alpha value is -2.30. The summed E-state index contributed by atoms with van der Waals surface area (Å²) in [4.78, 5) is 26.1. The summed E-state index contributed by atoms with van der Waals surface area (Å²) < 4.78 is 5.55. The zero-order chi connectivity index (χ0) is 17.4. The molecule has 124 valence electrons. The number of amides is 2. The molecule has 0 radical (unpaired) electrons. The highest BCUT2D eigenvalue weighted by molar-refractivity contribution is 5.94. The molecule has 1 atom stereocenters. The Bertz CT molecular complexity index is 644. The fourth-order valence-corrected chi connectivity index (χ4v) is 2.85. The molecular formula is C18H24N2O3. The third-order valence-electron chi connectivity index (χ3n) is 3.82. The van der Waals surface area contributed by atoms with Crippen LogP contribution < -0.4 is 10.2 Å². The molecule has 0 saturated carbocycles. The van der Waals surface area contributed by atoms with Crippen LogP contribution in [0.25, 0.3) is 0 Å². The maximum absolute atomic E-state index is 12.7. The van der Waals surface area contributed by atoms with Gasteiger partial charge < -0.3 is 10.1 Å². The molecule has 1 aromatic carbocycles. The predicted molar refractivity (Wildman–Crippen MR) is 90.3 cm³/mol. The molecule has 1 unspecified atom stereocenters. The number of carbonyl (C=O) groups excluding carboxylic acids is 2. The van der Waals surface area contributed by atoms with E-state index >= 15 is 0 Å². The van der Waals surface area contributed by atoms with Gasteiger partial charge in [0, 0.05) is 5.56 Å². The molecule has 0 aromatic heterocycles. The molecule has 0 bridgehead atoms. The number of fused-ring (bicyclic) bond motifs is 1. The van der Waals surface area contributed by atoms with Gasteiger partial charge in [-0.15, -0.1) is 0 Å². The third-order valence-corrected chi connectivity index (χ3v) is 3.82. The molecule has 0 spiro atoms. The van der Waals surface area contributed by atoms with Gasteiger partial charge in [0.1, 0.15) is 5.60 Å². The molecule has 1 aromatic rings. The summed E-state index contributed by atoms with van der Waals surface area (Å²) in [6.07, 6.45) is 0.805. The number of nitrogens with one attached hydrogen (secondary N) is 1. The average Bonchev–Trinajstić information content (AvgIpc) is 2.64. The highest BCUT2D eigenvalue weighted by Crippen LogP contribution is 2.46. The lowest BCUT2D eigenvalue weighted by atomic mass is 9.92. The van der Waals surface area contributed by atoms with E-state index in [0.29, 0.717) is 0 Å². The largest absolute Gasteiger partial charge is 0.443 e. The Kier molecular flexibility index (Phi) is 4.24. The number of anilines is 1. The van der Waals surface area contributed by atoms with Crippen molar-refractivity contribution in [2.75, 3.05) is 4.90 Å². The second kappa shape index (κ2) is 5.72. The van der Waals surface area contributed by atoms with Crippen LogP contribution in [-0.4, -0.2) is 23.1 Å². The molecule has 0 aliphatic carbocycles. The van der Waals surface area contributed by atoms with Crippen molar-refractivity contribution in [2.45, 2.75) is 51.8 Å². The van der Waals surface area contributed by atoms with Crippen molar-refractivity contribution < 1.29 is 14.3 Å². The van der Waals surface area contributed by atoms with Gasteiger partial charge in [-0.3, -0.25) is 9.69 Å². The van der Waals surface area contributed by atoms with E-state index in [1.807, 2.05) is 58.9 Å². The maximum Gasteiger partial charge on any atom is 0.415 e. The number of hydrogen-bond acceptors (Lipinski definition) is 3. The lowest BCUT2D eigenvalue weighted by Crippen LogP contribution is -2.52. The Morgan fingerprint density at radius 1 is 1.30 bits per heavy atom. The van der Waals surface area contributed by atoms with Crippen LogP contribution in [0.4, 0.5) is 10.5 Å². The van der Waals surface area contributed by atoms with Crippen LogP contribution in [0.15, 0.2) is 36.9 Å². The van der Waals surface area contributed by atoms with Crippen LogP contribution >= 0.6 is 0 Å². The first kappa shape index (κ1) is 17.1. The maximum atomic E-state index is 12.7. The Morgan fingerprint density at radius 2 is 1.91 bits per heavy atom. The van der Waals surface area contributed by atoms with Gasteiger partial charge in [0.05, 0.1) is 17.3 Å². The first-order chi connectivity index (χ1) is 10.6. The lowest BCUT2D eigenvalue weighted by Gasteiger charge is -2.37.